The van der Waals surface area contributed by atoms with E-state index >= 15 is 0 Å². The minimum atomic E-state index is -4.54. The van der Waals surface area contributed by atoms with Crippen LogP contribution in [0.4, 0.5) is 24.5 Å². The van der Waals surface area contributed by atoms with E-state index in [9.17, 15) is 26.4 Å². The number of benzene rings is 1. The normalized spacial score (nSPS) is 11.8. The molecule has 0 aliphatic heterocycles. The van der Waals surface area contributed by atoms with Crippen molar-refractivity contribution in [2.75, 3.05) is 5.32 Å². The number of hydrogen-bond donors (Lipinski definition) is 2. The number of sulfonamides is 1. The summed E-state index contributed by atoms with van der Waals surface area (Å²) in [6, 6.07) is 8.63. The molecule has 28 heavy (non-hydrogen) atoms. The molecule has 0 saturated heterocycles. The fraction of sp³-hybridized carbons (Fsp3) is 0.0588. The number of anilines is 2. The molecule has 0 fully saturated rings. The van der Waals surface area contributed by atoms with Crippen LogP contribution < -0.4 is 10.0 Å². The van der Waals surface area contributed by atoms with Crippen LogP contribution >= 0.6 is 11.3 Å². The van der Waals surface area contributed by atoms with E-state index in [2.05, 4.69) is 10.3 Å². The Labute approximate surface area is 162 Å². The van der Waals surface area contributed by atoms with E-state index in [4.69, 9.17) is 0 Å². The lowest BCUT2D eigenvalue weighted by molar-refractivity contribution is -0.137. The average molecular weight is 427 g/mol. The summed E-state index contributed by atoms with van der Waals surface area (Å²) in [5.74, 6) is -0.816. The van der Waals surface area contributed by atoms with Crippen molar-refractivity contribution in [3.63, 3.8) is 0 Å². The first-order valence-corrected chi connectivity index (χ1v) is 10.0. The number of aromatic nitrogens is 1. The van der Waals surface area contributed by atoms with Gasteiger partial charge < -0.3 is 5.32 Å². The van der Waals surface area contributed by atoms with Gasteiger partial charge in [-0.25, -0.2) is 13.1 Å². The van der Waals surface area contributed by atoms with Gasteiger partial charge in [0, 0.05) is 18.1 Å². The summed E-state index contributed by atoms with van der Waals surface area (Å²) >= 11 is 1.06. The Morgan fingerprint density at radius 2 is 1.89 bits per heavy atom. The highest BCUT2D eigenvalue weighted by atomic mass is 32.2. The Kier molecular flexibility index (Phi) is 5.38. The fourth-order valence-electron chi connectivity index (χ4n) is 2.26. The Morgan fingerprint density at radius 1 is 1.11 bits per heavy atom. The van der Waals surface area contributed by atoms with Crippen LogP contribution in [0.5, 0.6) is 0 Å². The highest BCUT2D eigenvalue weighted by Crippen LogP contribution is 2.32. The zero-order valence-electron chi connectivity index (χ0n) is 13.9. The van der Waals surface area contributed by atoms with E-state index < -0.39 is 27.7 Å². The number of carbonyl (C=O) groups excluding carboxylic acids is 1. The largest absolute Gasteiger partial charge is 0.416 e. The molecular weight excluding hydrogens is 415 g/mol. The predicted octanol–water partition coefficient (Wildman–Crippen LogP) is 4.02. The Bertz CT molecular complexity index is 1100. The molecular formula is C17H12F3N3O3S2. The number of amides is 1. The topological polar surface area (TPSA) is 88.2 Å². The maximum atomic E-state index is 12.9. The second kappa shape index (κ2) is 7.60. The first-order valence-electron chi connectivity index (χ1n) is 7.66. The van der Waals surface area contributed by atoms with Gasteiger partial charge in [-0.15, -0.1) is 11.3 Å². The van der Waals surface area contributed by atoms with E-state index in [0.29, 0.717) is 0 Å². The Morgan fingerprint density at radius 3 is 2.57 bits per heavy atom. The fourth-order valence-corrected chi connectivity index (χ4v) is 4.02. The Hall–Kier alpha value is -2.92. The zero-order chi connectivity index (χ0) is 20.4. The molecule has 0 aliphatic carbocycles. The number of halogens is 3. The smallest absolute Gasteiger partial charge is 0.354 e. The van der Waals surface area contributed by atoms with Gasteiger partial charge in [0.05, 0.1) is 16.1 Å². The van der Waals surface area contributed by atoms with Crippen molar-refractivity contribution in [1.29, 1.82) is 0 Å². The molecule has 3 rings (SSSR count). The molecule has 3 aromatic rings. The highest BCUT2D eigenvalue weighted by molar-refractivity contribution is 7.90. The number of nitrogens with one attached hydrogen (secondary N) is 2. The summed E-state index contributed by atoms with van der Waals surface area (Å²) in [4.78, 5) is 15.6. The van der Waals surface area contributed by atoms with Crippen molar-refractivity contribution in [3.05, 3.63) is 70.7 Å². The van der Waals surface area contributed by atoms with Crippen LogP contribution in [0.25, 0.3) is 0 Å². The number of rotatable bonds is 5. The van der Waals surface area contributed by atoms with E-state index in [1.54, 1.807) is 11.4 Å². The number of hydrogen-bond acceptors (Lipinski definition) is 6. The minimum absolute atomic E-state index is 0.0270. The average Bonchev–Trinajstić information content (AvgIpc) is 3.16. The summed E-state index contributed by atoms with van der Waals surface area (Å²) in [6.45, 7) is 0. The minimum Gasteiger partial charge on any atom is -0.354 e. The molecule has 11 heteroatoms. The molecule has 1 amide bonds. The second-order valence-electron chi connectivity index (χ2n) is 5.49. The first-order chi connectivity index (χ1) is 13.2. The van der Waals surface area contributed by atoms with Gasteiger partial charge in [-0.3, -0.25) is 9.78 Å². The number of alkyl halides is 3. The van der Waals surface area contributed by atoms with Crippen LogP contribution in [0.2, 0.25) is 0 Å². The van der Waals surface area contributed by atoms with Crippen LogP contribution in [-0.2, 0) is 16.2 Å². The van der Waals surface area contributed by atoms with Gasteiger partial charge in [-0.05, 0) is 35.7 Å². The molecule has 2 heterocycles. The lowest BCUT2D eigenvalue weighted by Crippen LogP contribution is -2.30. The molecule has 0 spiro atoms. The molecule has 2 aromatic heterocycles. The molecule has 0 atom stereocenters. The molecule has 2 N–H and O–H groups in total. The lowest BCUT2D eigenvalue weighted by Gasteiger charge is -2.14. The molecule has 0 unspecified atom stereocenters. The third kappa shape index (κ3) is 4.49. The van der Waals surface area contributed by atoms with Crippen molar-refractivity contribution in [1.82, 2.24) is 9.71 Å². The van der Waals surface area contributed by atoms with Crippen LogP contribution in [0.15, 0.2) is 65.1 Å². The molecule has 0 radical (unpaired) electrons. The van der Waals surface area contributed by atoms with Crippen LogP contribution in [-0.4, -0.2) is 19.3 Å². The lowest BCUT2D eigenvalue weighted by atomic mass is 10.2. The van der Waals surface area contributed by atoms with Crippen molar-refractivity contribution >= 4 is 38.6 Å². The van der Waals surface area contributed by atoms with Gasteiger partial charge in [0.1, 0.15) is 4.90 Å². The summed E-state index contributed by atoms with van der Waals surface area (Å²) in [5.41, 5.74) is -0.884. The number of thiophene rings is 1. The maximum absolute atomic E-state index is 12.9. The van der Waals surface area contributed by atoms with Gasteiger partial charge in [0.15, 0.2) is 0 Å². The molecule has 0 aliphatic rings. The van der Waals surface area contributed by atoms with E-state index in [0.717, 1.165) is 29.7 Å². The third-order valence-electron chi connectivity index (χ3n) is 3.51. The van der Waals surface area contributed by atoms with Gasteiger partial charge in [-0.2, -0.15) is 13.2 Å². The molecule has 1 aromatic carbocycles. The van der Waals surface area contributed by atoms with E-state index in [1.807, 2.05) is 4.72 Å². The Balaban J connectivity index is 1.90. The van der Waals surface area contributed by atoms with Crippen LogP contribution in [0.3, 0.4) is 0 Å². The SMILES string of the molecule is O=C(NS(=O)(=O)c1cnccc1Nc1cccc(C(F)(F)F)c1)c1cccs1. The quantitative estimate of drug-likeness (QED) is 0.642. The molecule has 0 bridgehead atoms. The molecule has 146 valence electrons. The number of carbonyl (C=O) groups is 1. The highest BCUT2D eigenvalue weighted by Gasteiger charge is 2.30. The van der Waals surface area contributed by atoms with Gasteiger partial charge in [-0.1, -0.05) is 12.1 Å². The standard InChI is InChI=1S/C17H12F3N3O3S2/c18-17(19,20)11-3-1-4-12(9-11)22-13-6-7-21-10-15(13)28(25,26)23-16(24)14-5-2-8-27-14/h1-10H,(H,21,22)(H,23,24). The van der Waals surface area contributed by atoms with Crippen molar-refractivity contribution in [3.8, 4) is 0 Å². The van der Waals surface area contributed by atoms with E-state index in [1.165, 1.54) is 30.5 Å². The monoisotopic (exact) mass is 427 g/mol. The van der Waals surface area contributed by atoms with Gasteiger partial charge in [0.25, 0.3) is 15.9 Å². The number of nitrogens with zero attached hydrogens (tertiary/aromatic N) is 1. The molecule has 6 nitrogen and oxygen atoms in total. The van der Waals surface area contributed by atoms with Gasteiger partial charge in [0.2, 0.25) is 0 Å². The second-order valence-corrected chi connectivity index (χ2v) is 8.09. The number of pyridine rings is 1. The summed E-state index contributed by atoms with van der Waals surface area (Å²) in [6.07, 6.45) is -2.27. The maximum Gasteiger partial charge on any atom is 0.416 e. The summed E-state index contributed by atoms with van der Waals surface area (Å²) < 4.78 is 65.7. The van der Waals surface area contributed by atoms with Crippen molar-refractivity contribution in [2.24, 2.45) is 0 Å². The van der Waals surface area contributed by atoms with E-state index in [-0.39, 0.29) is 21.1 Å². The molecule has 0 saturated carbocycles. The van der Waals surface area contributed by atoms with Crippen molar-refractivity contribution < 1.29 is 26.4 Å². The zero-order valence-corrected chi connectivity index (χ0v) is 15.5. The third-order valence-corrected chi connectivity index (χ3v) is 5.74. The van der Waals surface area contributed by atoms with Gasteiger partial charge >= 0.3 is 6.18 Å². The predicted molar refractivity (Wildman–Crippen MR) is 97.9 cm³/mol. The summed E-state index contributed by atoms with van der Waals surface area (Å²) in [7, 11) is -4.31. The van der Waals surface area contributed by atoms with Crippen LogP contribution in [0, 0.1) is 0 Å². The van der Waals surface area contributed by atoms with Crippen LogP contribution in [0.1, 0.15) is 15.2 Å². The summed E-state index contributed by atoms with van der Waals surface area (Å²) in [5, 5.41) is 4.25. The van der Waals surface area contributed by atoms with Crippen molar-refractivity contribution in [2.45, 2.75) is 11.1 Å². The first kappa shape index (κ1) is 19.8.